The average Bonchev–Trinajstić information content (AvgIpc) is 3.51. The van der Waals surface area contributed by atoms with Crippen molar-refractivity contribution in [1.82, 2.24) is 10.3 Å². The van der Waals surface area contributed by atoms with Crippen molar-refractivity contribution in [2.45, 2.75) is 26.6 Å². The Hall–Kier alpha value is -4.11. The predicted octanol–water partition coefficient (Wildman–Crippen LogP) is 4.55. The first-order valence-corrected chi connectivity index (χ1v) is 11.6. The van der Waals surface area contributed by atoms with E-state index in [2.05, 4.69) is 20.6 Å². The van der Waals surface area contributed by atoms with E-state index in [1.165, 1.54) is 18.3 Å². The summed E-state index contributed by atoms with van der Waals surface area (Å²) in [7, 11) is 0. The number of furan rings is 1. The molecule has 9 heteroatoms. The standard InChI is InChI=1S/C25H25N5O3S/c1-17(31)27-14-21-11-12-23(33-21)22-16-34-25(29-22)30-24(26)28-13-18-7-5-6-8-19(18)15-32-20-9-3-2-4-10-20/h2-12,16H,13-15H2,1H3,(H,27,31)(H3,26,28,29,30). The van der Waals surface area contributed by atoms with Crippen LogP contribution >= 0.6 is 11.3 Å². The minimum Gasteiger partial charge on any atom is -0.489 e. The van der Waals surface area contributed by atoms with Gasteiger partial charge in [0.25, 0.3) is 0 Å². The van der Waals surface area contributed by atoms with Crippen molar-refractivity contribution in [3.63, 3.8) is 0 Å². The predicted molar refractivity (Wildman–Crippen MR) is 134 cm³/mol. The van der Waals surface area contributed by atoms with Crippen molar-refractivity contribution in [3.8, 4) is 17.2 Å². The van der Waals surface area contributed by atoms with Crippen molar-refractivity contribution in [1.29, 1.82) is 0 Å². The van der Waals surface area contributed by atoms with Gasteiger partial charge in [-0.15, -0.1) is 11.3 Å². The molecule has 0 saturated carbocycles. The Bertz CT molecular complexity index is 1270. The van der Waals surface area contributed by atoms with Gasteiger partial charge in [0.1, 0.15) is 23.8 Å². The van der Waals surface area contributed by atoms with E-state index in [1.54, 1.807) is 0 Å². The maximum absolute atomic E-state index is 11.1. The number of amides is 1. The Morgan fingerprint density at radius 1 is 1.09 bits per heavy atom. The molecule has 34 heavy (non-hydrogen) atoms. The van der Waals surface area contributed by atoms with Gasteiger partial charge < -0.3 is 25.5 Å². The van der Waals surface area contributed by atoms with Crippen molar-refractivity contribution in [2.75, 3.05) is 5.32 Å². The summed E-state index contributed by atoms with van der Waals surface area (Å²) < 4.78 is 11.6. The van der Waals surface area contributed by atoms with Crippen LogP contribution < -0.4 is 21.1 Å². The first kappa shape index (κ1) is 23.1. The number of rotatable bonds is 9. The highest BCUT2D eigenvalue weighted by molar-refractivity contribution is 7.14. The fourth-order valence-electron chi connectivity index (χ4n) is 3.12. The van der Waals surface area contributed by atoms with Crippen LogP contribution in [0.5, 0.6) is 5.75 Å². The normalized spacial score (nSPS) is 11.3. The molecule has 8 nitrogen and oxygen atoms in total. The van der Waals surface area contributed by atoms with Crippen LogP contribution in [0, 0.1) is 0 Å². The number of carbonyl (C=O) groups is 1. The molecule has 0 aliphatic heterocycles. The molecule has 0 atom stereocenters. The minimum atomic E-state index is -0.112. The molecule has 0 spiro atoms. The molecule has 1 amide bonds. The number of para-hydroxylation sites is 1. The molecule has 2 aromatic heterocycles. The Kier molecular flexibility index (Phi) is 7.56. The fourth-order valence-corrected chi connectivity index (χ4v) is 3.82. The number of benzene rings is 2. The zero-order chi connectivity index (χ0) is 23.8. The summed E-state index contributed by atoms with van der Waals surface area (Å²) in [6.07, 6.45) is 0. The van der Waals surface area contributed by atoms with Crippen LogP contribution in [-0.2, 0) is 24.5 Å². The largest absolute Gasteiger partial charge is 0.489 e. The second-order valence-electron chi connectivity index (χ2n) is 7.41. The Morgan fingerprint density at radius 2 is 1.85 bits per heavy atom. The number of thiazole rings is 1. The quantitative estimate of drug-likeness (QED) is 0.242. The molecule has 0 unspecified atom stereocenters. The number of hydrogen-bond donors (Lipinski definition) is 3. The van der Waals surface area contributed by atoms with Gasteiger partial charge in [-0.25, -0.2) is 9.98 Å². The highest BCUT2D eigenvalue weighted by Crippen LogP contribution is 2.26. The van der Waals surface area contributed by atoms with Crippen LogP contribution in [0.25, 0.3) is 11.5 Å². The van der Waals surface area contributed by atoms with Crippen LogP contribution in [0.4, 0.5) is 5.13 Å². The van der Waals surface area contributed by atoms with Gasteiger partial charge in [0.2, 0.25) is 5.91 Å². The maximum atomic E-state index is 11.1. The summed E-state index contributed by atoms with van der Waals surface area (Å²) in [5.74, 6) is 2.25. The van der Waals surface area contributed by atoms with E-state index >= 15 is 0 Å². The summed E-state index contributed by atoms with van der Waals surface area (Å²) in [5, 5.41) is 8.21. The highest BCUT2D eigenvalue weighted by Gasteiger charge is 2.10. The summed E-state index contributed by atoms with van der Waals surface area (Å²) in [5.41, 5.74) is 8.86. The lowest BCUT2D eigenvalue weighted by atomic mass is 10.1. The molecule has 0 aliphatic rings. The Balaban J connectivity index is 1.35. The third kappa shape index (κ3) is 6.46. The number of aliphatic imine (C=N–C) groups is 1. The molecular formula is C25H25N5O3S. The van der Waals surface area contributed by atoms with Gasteiger partial charge in [-0.3, -0.25) is 4.79 Å². The molecular weight excluding hydrogens is 450 g/mol. The highest BCUT2D eigenvalue weighted by atomic mass is 32.1. The number of nitrogens with zero attached hydrogens (tertiary/aromatic N) is 2. The molecule has 0 bridgehead atoms. The van der Waals surface area contributed by atoms with E-state index < -0.39 is 0 Å². The van der Waals surface area contributed by atoms with E-state index in [0.717, 1.165) is 16.9 Å². The molecule has 0 saturated heterocycles. The van der Waals surface area contributed by atoms with Crippen LogP contribution in [0.3, 0.4) is 0 Å². The van der Waals surface area contributed by atoms with Gasteiger partial charge in [-0.2, -0.15) is 0 Å². The van der Waals surface area contributed by atoms with Crippen molar-refractivity contribution in [3.05, 3.63) is 89.0 Å². The third-order valence-corrected chi connectivity index (χ3v) is 5.60. The maximum Gasteiger partial charge on any atom is 0.217 e. The van der Waals surface area contributed by atoms with Crippen molar-refractivity contribution < 1.29 is 13.9 Å². The van der Waals surface area contributed by atoms with Crippen LogP contribution in [0.15, 0.2) is 81.5 Å². The number of aromatic nitrogens is 1. The molecule has 0 radical (unpaired) electrons. The molecule has 4 aromatic rings. The van der Waals surface area contributed by atoms with Crippen molar-refractivity contribution >= 4 is 28.3 Å². The lowest BCUT2D eigenvalue weighted by Gasteiger charge is -2.10. The zero-order valence-corrected chi connectivity index (χ0v) is 19.5. The van der Waals surface area contributed by atoms with E-state index in [9.17, 15) is 4.79 Å². The van der Waals surface area contributed by atoms with Gasteiger partial charge >= 0.3 is 0 Å². The SMILES string of the molecule is CC(=O)NCc1ccc(-c2csc(NC(N)=NCc3ccccc3COc3ccccc3)n2)o1. The zero-order valence-electron chi connectivity index (χ0n) is 18.7. The number of nitrogens with one attached hydrogen (secondary N) is 2. The van der Waals surface area contributed by atoms with Crippen LogP contribution in [0.1, 0.15) is 23.8 Å². The first-order chi connectivity index (χ1) is 16.6. The molecule has 174 valence electrons. The second-order valence-corrected chi connectivity index (χ2v) is 8.27. The monoisotopic (exact) mass is 475 g/mol. The van der Waals surface area contributed by atoms with Crippen LogP contribution in [0.2, 0.25) is 0 Å². The average molecular weight is 476 g/mol. The number of anilines is 1. The minimum absolute atomic E-state index is 0.112. The number of guanidine groups is 1. The van der Waals surface area contributed by atoms with Crippen LogP contribution in [-0.4, -0.2) is 16.9 Å². The summed E-state index contributed by atoms with van der Waals surface area (Å²) in [4.78, 5) is 20.0. The second kappa shape index (κ2) is 11.2. The van der Waals surface area contributed by atoms with Gasteiger partial charge in [-0.05, 0) is 35.4 Å². The van der Waals surface area contributed by atoms with Gasteiger partial charge in [0.05, 0.1) is 13.1 Å². The van der Waals surface area contributed by atoms with E-state index in [0.29, 0.717) is 42.0 Å². The third-order valence-electron chi connectivity index (χ3n) is 4.84. The van der Waals surface area contributed by atoms with Crippen molar-refractivity contribution in [2.24, 2.45) is 10.7 Å². The lowest BCUT2D eigenvalue weighted by molar-refractivity contribution is -0.119. The Morgan fingerprint density at radius 3 is 2.65 bits per heavy atom. The summed E-state index contributed by atoms with van der Waals surface area (Å²) >= 11 is 1.40. The topological polar surface area (TPSA) is 115 Å². The number of hydrogen-bond acceptors (Lipinski definition) is 6. The molecule has 2 heterocycles. The molecule has 0 aliphatic carbocycles. The molecule has 2 aromatic carbocycles. The summed E-state index contributed by atoms with van der Waals surface area (Å²) in [6, 6.07) is 21.3. The molecule has 4 N–H and O–H groups in total. The van der Waals surface area contributed by atoms with E-state index in [-0.39, 0.29) is 11.9 Å². The molecule has 0 fully saturated rings. The van der Waals surface area contributed by atoms with E-state index in [4.69, 9.17) is 14.9 Å². The van der Waals surface area contributed by atoms with Gasteiger partial charge in [0, 0.05) is 12.3 Å². The fraction of sp³-hybridized carbons (Fsp3) is 0.160. The number of ether oxygens (including phenoxy) is 1. The smallest absolute Gasteiger partial charge is 0.217 e. The number of nitrogens with two attached hydrogens (primary N) is 1. The number of carbonyl (C=O) groups excluding carboxylic acids is 1. The molecule has 4 rings (SSSR count). The van der Waals surface area contributed by atoms with Gasteiger partial charge in [-0.1, -0.05) is 42.5 Å². The summed E-state index contributed by atoms with van der Waals surface area (Å²) in [6.45, 7) is 2.66. The Labute approximate surface area is 201 Å². The first-order valence-electron chi connectivity index (χ1n) is 10.7. The van der Waals surface area contributed by atoms with Gasteiger partial charge in [0.15, 0.2) is 16.9 Å². The lowest BCUT2D eigenvalue weighted by Crippen LogP contribution is -2.22. The van der Waals surface area contributed by atoms with E-state index in [1.807, 2.05) is 72.1 Å².